The lowest BCUT2D eigenvalue weighted by Crippen LogP contribution is -2.13. The third kappa shape index (κ3) is 5.15. The monoisotopic (exact) mass is 415 g/mol. The topological polar surface area (TPSA) is 84.2 Å². The number of nitrogens with one attached hydrogen (secondary N) is 2. The summed E-state index contributed by atoms with van der Waals surface area (Å²) in [6, 6.07) is 14.1. The van der Waals surface area contributed by atoms with Crippen LogP contribution >= 0.6 is 23.4 Å². The highest BCUT2D eigenvalue weighted by Gasteiger charge is 2.14. The number of benzene rings is 2. The smallest absolute Gasteiger partial charge is 0.256 e. The van der Waals surface area contributed by atoms with Gasteiger partial charge in [0.1, 0.15) is 5.76 Å². The van der Waals surface area contributed by atoms with E-state index in [2.05, 4.69) is 15.8 Å². The molecular weight excluding hydrogens is 398 g/mol. The molecule has 1 heterocycles. The fraction of sp³-hybridized carbons (Fsp3) is 0.150. The van der Waals surface area contributed by atoms with Crippen LogP contribution in [0.25, 0.3) is 0 Å². The van der Waals surface area contributed by atoms with Crippen LogP contribution in [0.2, 0.25) is 5.02 Å². The minimum absolute atomic E-state index is 0.194. The Morgan fingerprint density at radius 2 is 1.93 bits per heavy atom. The molecule has 0 aliphatic heterocycles. The molecule has 0 radical (unpaired) electrons. The predicted molar refractivity (Wildman–Crippen MR) is 111 cm³/mol. The average Bonchev–Trinajstić information content (AvgIpc) is 3.07. The number of rotatable bonds is 6. The molecule has 0 atom stereocenters. The number of nitrogens with zero attached hydrogens (tertiary/aromatic N) is 1. The van der Waals surface area contributed by atoms with Crippen molar-refractivity contribution in [2.45, 2.75) is 24.5 Å². The maximum atomic E-state index is 12.8. The molecule has 2 N–H and O–H groups in total. The van der Waals surface area contributed by atoms with Crippen molar-refractivity contribution in [1.29, 1.82) is 0 Å². The van der Waals surface area contributed by atoms with Crippen molar-refractivity contribution in [3.8, 4) is 0 Å². The van der Waals surface area contributed by atoms with Gasteiger partial charge in [-0.25, -0.2) is 0 Å². The number of hydrogen-bond donors (Lipinski definition) is 2. The lowest BCUT2D eigenvalue weighted by Gasteiger charge is -2.11. The Balaban J connectivity index is 1.73. The van der Waals surface area contributed by atoms with Crippen LogP contribution in [0.3, 0.4) is 0 Å². The number of aryl methyl sites for hydroxylation is 1. The van der Waals surface area contributed by atoms with Crippen LogP contribution in [-0.2, 0) is 10.5 Å². The Morgan fingerprint density at radius 3 is 2.61 bits per heavy atom. The first-order chi connectivity index (χ1) is 13.4. The van der Waals surface area contributed by atoms with Gasteiger partial charge in [0.25, 0.3) is 5.91 Å². The van der Waals surface area contributed by atoms with Crippen molar-refractivity contribution in [2.75, 3.05) is 10.6 Å². The second-order valence-corrected chi connectivity index (χ2v) is 7.47. The molecule has 0 aliphatic rings. The molecule has 3 aromatic rings. The first-order valence-corrected chi connectivity index (χ1v) is 9.81. The summed E-state index contributed by atoms with van der Waals surface area (Å²) in [5, 5.41) is 9.67. The van der Waals surface area contributed by atoms with Gasteiger partial charge < -0.3 is 15.2 Å². The summed E-state index contributed by atoms with van der Waals surface area (Å²) >= 11 is 7.73. The molecule has 1 aromatic heterocycles. The zero-order valence-corrected chi connectivity index (χ0v) is 16.9. The van der Waals surface area contributed by atoms with Gasteiger partial charge in [0.05, 0.1) is 27.7 Å². The summed E-state index contributed by atoms with van der Waals surface area (Å²) in [6.45, 7) is 3.28. The minimum atomic E-state index is -0.272. The van der Waals surface area contributed by atoms with Crippen molar-refractivity contribution in [3.63, 3.8) is 0 Å². The number of thioether (sulfide) groups is 1. The van der Waals surface area contributed by atoms with E-state index < -0.39 is 0 Å². The van der Waals surface area contributed by atoms with E-state index in [1.807, 2.05) is 25.1 Å². The molecule has 6 nitrogen and oxygen atoms in total. The zero-order valence-electron chi connectivity index (χ0n) is 15.3. The lowest BCUT2D eigenvalue weighted by atomic mass is 10.2. The molecule has 144 valence electrons. The number of hydrogen-bond acceptors (Lipinski definition) is 5. The van der Waals surface area contributed by atoms with Gasteiger partial charge in [-0.1, -0.05) is 28.9 Å². The highest BCUT2D eigenvalue weighted by atomic mass is 35.5. The highest BCUT2D eigenvalue weighted by Crippen LogP contribution is 2.29. The molecule has 0 bridgehead atoms. The third-order valence-electron chi connectivity index (χ3n) is 3.72. The zero-order chi connectivity index (χ0) is 20.1. The third-order valence-corrected chi connectivity index (χ3v) is 5.12. The van der Waals surface area contributed by atoms with Crippen LogP contribution in [0.4, 0.5) is 11.4 Å². The van der Waals surface area contributed by atoms with Gasteiger partial charge >= 0.3 is 0 Å². The first kappa shape index (κ1) is 20.0. The number of aromatic nitrogens is 1. The maximum absolute atomic E-state index is 12.8. The summed E-state index contributed by atoms with van der Waals surface area (Å²) in [6.07, 6.45) is 0. The van der Waals surface area contributed by atoms with Gasteiger partial charge in [-0.05, 0) is 37.3 Å². The average molecular weight is 416 g/mol. The summed E-state index contributed by atoms with van der Waals surface area (Å²) in [7, 11) is 0. The Bertz CT molecular complexity index is 1020. The number of halogens is 1. The van der Waals surface area contributed by atoms with Crippen molar-refractivity contribution < 1.29 is 14.1 Å². The molecule has 0 saturated heterocycles. The summed E-state index contributed by atoms with van der Waals surface area (Å²) in [4.78, 5) is 24.7. The number of carbonyl (C=O) groups excluding carboxylic acids is 2. The van der Waals surface area contributed by atoms with E-state index in [4.69, 9.17) is 16.1 Å². The Labute approximate surface area is 171 Å². The molecule has 0 fully saturated rings. The van der Waals surface area contributed by atoms with E-state index in [1.54, 1.807) is 30.3 Å². The second kappa shape index (κ2) is 8.95. The molecule has 2 amide bonds. The van der Waals surface area contributed by atoms with Crippen LogP contribution in [0.1, 0.15) is 28.7 Å². The van der Waals surface area contributed by atoms with E-state index >= 15 is 0 Å². The quantitative estimate of drug-likeness (QED) is 0.544. The van der Waals surface area contributed by atoms with Gasteiger partial charge in [-0.2, -0.15) is 0 Å². The maximum Gasteiger partial charge on any atom is 0.256 e. The van der Waals surface area contributed by atoms with Crippen LogP contribution < -0.4 is 10.6 Å². The van der Waals surface area contributed by atoms with Gasteiger partial charge in [0.15, 0.2) is 0 Å². The lowest BCUT2D eigenvalue weighted by molar-refractivity contribution is -0.114. The molecule has 0 saturated carbocycles. The Morgan fingerprint density at radius 1 is 1.14 bits per heavy atom. The Kier molecular flexibility index (Phi) is 6.38. The number of anilines is 2. The van der Waals surface area contributed by atoms with Gasteiger partial charge in [-0.3, -0.25) is 9.59 Å². The van der Waals surface area contributed by atoms with Gasteiger partial charge in [-0.15, -0.1) is 11.8 Å². The molecular formula is C20H18ClN3O3S. The van der Waals surface area contributed by atoms with E-state index in [1.165, 1.54) is 18.7 Å². The first-order valence-electron chi connectivity index (χ1n) is 8.45. The molecule has 28 heavy (non-hydrogen) atoms. The van der Waals surface area contributed by atoms with Crippen LogP contribution in [0.15, 0.2) is 57.9 Å². The summed E-state index contributed by atoms with van der Waals surface area (Å²) in [5.41, 5.74) is 2.38. The molecule has 0 aliphatic carbocycles. The largest absolute Gasteiger partial charge is 0.360 e. The van der Waals surface area contributed by atoms with E-state index in [0.717, 1.165) is 16.3 Å². The molecule has 0 unspecified atom stereocenters. The van der Waals surface area contributed by atoms with E-state index in [0.29, 0.717) is 27.7 Å². The van der Waals surface area contributed by atoms with Crippen molar-refractivity contribution >= 4 is 46.6 Å². The molecule has 8 heteroatoms. The second-order valence-electron chi connectivity index (χ2n) is 6.05. The Hall–Kier alpha value is -2.77. The van der Waals surface area contributed by atoms with Crippen LogP contribution in [0.5, 0.6) is 0 Å². The predicted octanol–water partition coefficient (Wildman–Crippen LogP) is 5.14. The summed E-state index contributed by atoms with van der Waals surface area (Å²) < 4.78 is 5.22. The van der Waals surface area contributed by atoms with E-state index in [-0.39, 0.29) is 11.8 Å². The molecule has 0 spiro atoms. The number of amides is 2. The van der Waals surface area contributed by atoms with Crippen LogP contribution in [0, 0.1) is 6.92 Å². The SMILES string of the molecule is CC(=O)Nc1ccc(NC(=O)c2ccccc2SCc2cc(C)no2)c(Cl)c1. The fourth-order valence-corrected chi connectivity index (χ4v) is 3.65. The van der Waals surface area contributed by atoms with Gasteiger partial charge in [0.2, 0.25) is 5.91 Å². The van der Waals surface area contributed by atoms with E-state index in [9.17, 15) is 9.59 Å². The fourth-order valence-electron chi connectivity index (χ4n) is 2.50. The van der Waals surface area contributed by atoms with Crippen LogP contribution in [-0.4, -0.2) is 17.0 Å². The molecule has 3 rings (SSSR count). The highest BCUT2D eigenvalue weighted by molar-refractivity contribution is 7.98. The minimum Gasteiger partial charge on any atom is -0.360 e. The normalized spacial score (nSPS) is 10.5. The van der Waals surface area contributed by atoms with Crippen molar-refractivity contribution in [3.05, 3.63) is 70.6 Å². The summed E-state index contributed by atoms with van der Waals surface area (Å²) in [5.74, 6) is 0.846. The molecule has 2 aromatic carbocycles. The number of carbonyl (C=O) groups is 2. The van der Waals surface area contributed by atoms with Crippen molar-refractivity contribution in [2.24, 2.45) is 0 Å². The van der Waals surface area contributed by atoms with Crippen molar-refractivity contribution in [1.82, 2.24) is 5.16 Å². The standard InChI is InChI=1S/C20H18ClN3O3S/c1-12-9-15(27-24-12)11-28-19-6-4-3-5-16(19)20(26)23-18-8-7-14(10-17(18)21)22-13(2)25/h3-10H,11H2,1-2H3,(H,22,25)(H,23,26). The van der Waals surface area contributed by atoms with Gasteiger partial charge in [0, 0.05) is 23.6 Å².